The monoisotopic (exact) mass is 437 g/mol. The summed E-state index contributed by atoms with van der Waals surface area (Å²) in [5, 5.41) is 27.2. The standard InChI is InChI=1S/C17H17N5O2.C2HF3O2/c23-17(24)15-8-13(19-20-15)10-21-9-12-4-1-2-5-14(12)16(11-21)22-7-3-6-18-22;3-2(4,5)1(6)7/h1-8,16H,9-11H2,(H,19,20)(H,23,24);(H,6,7). The fourth-order valence-electron chi connectivity index (χ4n) is 3.26. The molecule has 3 heterocycles. The highest BCUT2D eigenvalue weighted by atomic mass is 19.4. The van der Waals surface area contributed by atoms with Gasteiger partial charge in [-0.15, -0.1) is 0 Å². The summed E-state index contributed by atoms with van der Waals surface area (Å²) < 4.78 is 33.7. The molecule has 0 fully saturated rings. The normalized spacial score (nSPS) is 16.2. The molecule has 0 saturated carbocycles. The van der Waals surface area contributed by atoms with Crippen molar-refractivity contribution in [3.8, 4) is 0 Å². The van der Waals surface area contributed by atoms with Gasteiger partial charge in [0.1, 0.15) is 0 Å². The summed E-state index contributed by atoms with van der Waals surface area (Å²) in [5.74, 6) is -3.77. The number of aliphatic carboxylic acids is 1. The molecule has 0 aliphatic carbocycles. The number of halogens is 3. The zero-order valence-corrected chi connectivity index (χ0v) is 16.0. The van der Waals surface area contributed by atoms with E-state index in [2.05, 4.69) is 38.4 Å². The van der Waals surface area contributed by atoms with Crippen molar-refractivity contribution in [3.05, 3.63) is 71.3 Å². The first-order valence-corrected chi connectivity index (χ1v) is 9.02. The highest BCUT2D eigenvalue weighted by Crippen LogP contribution is 2.29. The first kappa shape index (κ1) is 22.0. The second-order valence-corrected chi connectivity index (χ2v) is 6.76. The zero-order chi connectivity index (χ0) is 22.6. The van der Waals surface area contributed by atoms with Crippen LogP contribution in [-0.4, -0.2) is 59.8 Å². The molecular weight excluding hydrogens is 419 g/mol. The molecule has 1 aromatic carbocycles. The number of alkyl halides is 3. The van der Waals surface area contributed by atoms with E-state index >= 15 is 0 Å². The van der Waals surface area contributed by atoms with Crippen LogP contribution in [-0.2, 0) is 17.9 Å². The number of aromatic amines is 1. The topological polar surface area (TPSA) is 124 Å². The van der Waals surface area contributed by atoms with Crippen LogP contribution < -0.4 is 0 Å². The number of nitrogens with one attached hydrogen (secondary N) is 1. The number of carbonyl (C=O) groups is 2. The average molecular weight is 437 g/mol. The second-order valence-electron chi connectivity index (χ2n) is 6.76. The number of hydrogen-bond donors (Lipinski definition) is 3. The smallest absolute Gasteiger partial charge is 0.476 e. The Bertz CT molecular complexity index is 1050. The van der Waals surface area contributed by atoms with Crippen molar-refractivity contribution in [1.29, 1.82) is 0 Å². The zero-order valence-electron chi connectivity index (χ0n) is 16.0. The molecule has 1 unspecified atom stereocenters. The quantitative estimate of drug-likeness (QED) is 0.573. The number of benzene rings is 1. The van der Waals surface area contributed by atoms with Gasteiger partial charge in [0.05, 0.1) is 11.7 Å². The van der Waals surface area contributed by atoms with E-state index in [1.165, 1.54) is 11.1 Å². The van der Waals surface area contributed by atoms with E-state index in [0.29, 0.717) is 6.54 Å². The third-order valence-electron chi connectivity index (χ3n) is 4.57. The van der Waals surface area contributed by atoms with Crippen LogP contribution in [0.15, 0.2) is 48.8 Å². The van der Waals surface area contributed by atoms with Crippen LogP contribution in [0.2, 0.25) is 0 Å². The SMILES string of the molecule is O=C(O)C(F)(F)F.O=C(O)c1cc(CN2Cc3ccccc3C(n3cccn3)C2)[nH]n1. The number of rotatable bonds is 4. The van der Waals surface area contributed by atoms with Gasteiger partial charge in [-0.1, -0.05) is 24.3 Å². The summed E-state index contributed by atoms with van der Waals surface area (Å²) in [6.45, 7) is 2.24. The van der Waals surface area contributed by atoms with Gasteiger partial charge in [-0.2, -0.15) is 23.4 Å². The maximum atomic E-state index is 11.0. The summed E-state index contributed by atoms with van der Waals surface area (Å²) in [6, 6.07) is 12.0. The van der Waals surface area contributed by atoms with E-state index in [1.54, 1.807) is 12.3 Å². The Labute approximate surface area is 173 Å². The van der Waals surface area contributed by atoms with E-state index in [9.17, 15) is 18.0 Å². The van der Waals surface area contributed by atoms with Crippen LogP contribution in [0.1, 0.15) is 33.4 Å². The molecule has 164 valence electrons. The summed E-state index contributed by atoms with van der Waals surface area (Å²) in [5.41, 5.74) is 3.40. The molecule has 31 heavy (non-hydrogen) atoms. The maximum absolute atomic E-state index is 11.0. The van der Waals surface area contributed by atoms with Gasteiger partial charge >= 0.3 is 18.1 Å². The third-order valence-corrected chi connectivity index (χ3v) is 4.57. The first-order valence-electron chi connectivity index (χ1n) is 9.02. The van der Waals surface area contributed by atoms with Gasteiger partial charge in [0, 0.05) is 32.0 Å². The molecule has 1 aliphatic rings. The van der Waals surface area contributed by atoms with Gasteiger partial charge in [-0.25, -0.2) is 9.59 Å². The molecule has 2 aromatic heterocycles. The fraction of sp³-hybridized carbons (Fsp3) is 0.263. The molecule has 9 nitrogen and oxygen atoms in total. The number of H-pyrrole nitrogens is 1. The predicted octanol–water partition coefficient (Wildman–Crippen LogP) is 2.54. The van der Waals surface area contributed by atoms with E-state index in [1.807, 2.05) is 23.0 Å². The van der Waals surface area contributed by atoms with Gasteiger partial charge in [0.25, 0.3) is 0 Å². The van der Waals surface area contributed by atoms with Crippen LogP contribution in [0.3, 0.4) is 0 Å². The lowest BCUT2D eigenvalue weighted by atomic mass is 9.95. The van der Waals surface area contributed by atoms with E-state index in [4.69, 9.17) is 15.0 Å². The van der Waals surface area contributed by atoms with E-state index < -0.39 is 18.1 Å². The highest BCUT2D eigenvalue weighted by molar-refractivity contribution is 5.85. The Morgan fingerprint density at radius 3 is 2.48 bits per heavy atom. The van der Waals surface area contributed by atoms with Crippen LogP contribution >= 0.6 is 0 Å². The molecule has 3 N–H and O–H groups in total. The van der Waals surface area contributed by atoms with Crippen LogP contribution in [0.5, 0.6) is 0 Å². The Hall–Kier alpha value is -3.67. The number of aromatic carboxylic acids is 1. The second kappa shape index (κ2) is 9.00. The minimum Gasteiger partial charge on any atom is -0.476 e. The lowest BCUT2D eigenvalue weighted by molar-refractivity contribution is -0.192. The highest BCUT2D eigenvalue weighted by Gasteiger charge is 2.38. The van der Waals surface area contributed by atoms with Gasteiger partial charge in [0.2, 0.25) is 0 Å². The Morgan fingerprint density at radius 2 is 1.90 bits per heavy atom. The largest absolute Gasteiger partial charge is 0.490 e. The van der Waals surface area contributed by atoms with Crippen molar-refractivity contribution in [2.75, 3.05) is 6.54 Å². The summed E-state index contributed by atoms with van der Waals surface area (Å²) >= 11 is 0. The van der Waals surface area contributed by atoms with Gasteiger partial charge in [0.15, 0.2) is 5.69 Å². The Morgan fingerprint density at radius 1 is 1.19 bits per heavy atom. The number of nitrogens with zero attached hydrogens (tertiary/aromatic N) is 4. The molecular formula is C19H18F3N5O4. The molecule has 3 aromatic rings. The van der Waals surface area contributed by atoms with Crippen molar-refractivity contribution in [2.45, 2.75) is 25.3 Å². The fourth-order valence-corrected chi connectivity index (χ4v) is 3.26. The van der Waals surface area contributed by atoms with Crippen LogP contribution in [0, 0.1) is 0 Å². The van der Waals surface area contributed by atoms with Crippen molar-refractivity contribution in [1.82, 2.24) is 24.9 Å². The van der Waals surface area contributed by atoms with Crippen molar-refractivity contribution >= 4 is 11.9 Å². The van der Waals surface area contributed by atoms with Crippen molar-refractivity contribution in [3.63, 3.8) is 0 Å². The number of carboxylic acid groups (broad SMARTS) is 2. The van der Waals surface area contributed by atoms with Crippen LogP contribution in [0.4, 0.5) is 13.2 Å². The number of carboxylic acids is 2. The summed E-state index contributed by atoms with van der Waals surface area (Å²) in [7, 11) is 0. The van der Waals surface area contributed by atoms with Gasteiger partial charge < -0.3 is 10.2 Å². The van der Waals surface area contributed by atoms with E-state index in [0.717, 1.165) is 18.8 Å². The van der Waals surface area contributed by atoms with Crippen LogP contribution in [0.25, 0.3) is 0 Å². The molecule has 0 radical (unpaired) electrons. The lowest BCUT2D eigenvalue weighted by Crippen LogP contribution is -2.36. The van der Waals surface area contributed by atoms with Gasteiger partial charge in [-0.3, -0.25) is 14.7 Å². The maximum Gasteiger partial charge on any atom is 0.490 e. The average Bonchev–Trinajstić information content (AvgIpc) is 3.39. The molecule has 4 rings (SSSR count). The lowest BCUT2D eigenvalue weighted by Gasteiger charge is -2.34. The molecule has 0 bridgehead atoms. The van der Waals surface area contributed by atoms with Crippen molar-refractivity contribution < 1.29 is 33.0 Å². The van der Waals surface area contributed by atoms with Crippen molar-refractivity contribution in [2.24, 2.45) is 0 Å². The molecule has 0 amide bonds. The van der Waals surface area contributed by atoms with E-state index in [-0.39, 0.29) is 11.7 Å². The number of fused-ring (bicyclic) bond motifs is 1. The Kier molecular flexibility index (Phi) is 6.39. The molecule has 1 atom stereocenters. The minimum absolute atomic E-state index is 0.0473. The summed E-state index contributed by atoms with van der Waals surface area (Å²) in [6.07, 6.45) is -1.32. The minimum atomic E-state index is -5.08. The number of aromatic nitrogens is 4. The molecule has 0 saturated heterocycles. The molecule has 1 aliphatic heterocycles. The first-order chi connectivity index (χ1) is 14.6. The Balaban J connectivity index is 0.000000339. The molecule has 0 spiro atoms. The predicted molar refractivity (Wildman–Crippen MR) is 100 cm³/mol. The third kappa shape index (κ3) is 5.48. The summed E-state index contributed by atoms with van der Waals surface area (Å²) in [4.78, 5) is 22.1. The molecule has 12 heteroatoms. The number of hydrogen-bond acceptors (Lipinski definition) is 5. The van der Waals surface area contributed by atoms with Gasteiger partial charge in [-0.05, 0) is 23.3 Å².